The highest BCUT2D eigenvalue weighted by Gasteiger charge is 2.31. The van der Waals surface area contributed by atoms with Crippen molar-refractivity contribution in [3.63, 3.8) is 0 Å². The van der Waals surface area contributed by atoms with E-state index >= 15 is 0 Å². The van der Waals surface area contributed by atoms with Crippen LogP contribution in [0.4, 0.5) is 11.4 Å². The monoisotopic (exact) mass is 380 g/mol. The zero-order chi connectivity index (χ0) is 19.6. The first-order valence-electron chi connectivity index (χ1n) is 8.37. The molecule has 0 atom stereocenters. The minimum absolute atomic E-state index is 0.111. The van der Waals surface area contributed by atoms with E-state index in [9.17, 15) is 10.1 Å². The van der Waals surface area contributed by atoms with Crippen molar-refractivity contribution in [3.8, 4) is 6.07 Å². The summed E-state index contributed by atoms with van der Waals surface area (Å²) in [6, 6.07) is 9.90. The van der Waals surface area contributed by atoms with Gasteiger partial charge in [0.25, 0.3) is 0 Å². The van der Waals surface area contributed by atoms with E-state index < -0.39 is 0 Å². The Kier molecular flexibility index (Phi) is 5.33. The van der Waals surface area contributed by atoms with Gasteiger partial charge in [-0.15, -0.1) is 16.8 Å². The molecule has 2 aromatic rings. The second kappa shape index (κ2) is 7.68. The lowest BCUT2D eigenvalue weighted by atomic mass is 10.2. The smallest absolute Gasteiger partial charge is 0.191 e. The Bertz CT molecular complexity index is 940. The van der Waals surface area contributed by atoms with E-state index in [0.717, 1.165) is 17.2 Å². The third-order valence-corrected chi connectivity index (χ3v) is 5.37. The molecule has 7 nitrogen and oxygen atoms in total. The quantitative estimate of drug-likeness (QED) is 0.330. The minimum Gasteiger partial charge on any atom is -0.328 e. The normalized spacial score (nSPS) is 12.7. The summed E-state index contributed by atoms with van der Waals surface area (Å²) in [5, 5.41) is 18.5. The molecule has 27 heavy (non-hydrogen) atoms. The Morgan fingerprint density at radius 1 is 1.26 bits per heavy atom. The van der Waals surface area contributed by atoms with Crippen LogP contribution in [0.2, 0.25) is 0 Å². The van der Waals surface area contributed by atoms with Gasteiger partial charge in [0.05, 0.1) is 17.1 Å². The number of nitrogens with zero attached hydrogens (tertiary/aromatic N) is 6. The summed E-state index contributed by atoms with van der Waals surface area (Å²) >= 11 is 1.27. The van der Waals surface area contributed by atoms with Crippen LogP contribution in [-0.2, 0) is 11.3 Å². The zero-order valence-corrected chi connectivity index (χ0v) is 16.3. The van der Waals surface area contributed by atoms with Crippen LogP contribution in [0, 0.1) is 18.3 Å². The van der Waals surface area contributed by atoms with Crippen molar-refractivity contribution in [1.29, 1.82) is 5.26 Å². The highest BCUT2D eigenvalue weighted by molar-refractivity contribution is 7.99. The molecule has 3 rings (SSSR count). The van der Waals surface area contributed by atoms with Crippen molar-refractivity contribution in [3.05, 3.63) is 54.1 Å². The number of nitriles is 1. The molecule has 0 spiro atoms. The van der Waals surface area contributed by atoms with Gasteiger partial charge in [-0.05, 0) is 19.1 Å². The van der Waals surface area contributed by atoms with Crippen LogP contribution in [0.1, 0.15) is 5.82 Å². The van der Waals surface area contributed by atoms with Crippen molar-refractivity contribution in [1.82, 2.24) is 14.8 Å². The number of ketones is 1. The summed E-state index contributed by atoms with van der Waals surface area (Å²) < 4.78 is 1.88. The number of carbonyl (C=O) groups is 1. The van der Waals surface area contributed by atoms with Gasteiger partial charge < -0.3 is 14.4 Å². The molecule has 0 amide bonds. The third kappa shape index (κ3) is 3.34. The van der Waals surface area contributed by atoms with Gasteiger partial charge in [0.2, 0.25) is 0 Å². The molecule has 138 valence electrons. The first-order chi connectivity index (χ1) is 13.0. The largest absolute Gasteiger partial charge is 0.328 e. The molecule has 0 fully saturated rings. The number of hydrogen-bond donors (Lipinski definition) is 0. The number of rotatable bonds is 6. The fourth-order valence-electron chi connectivity index (χ4n) is 3.07. The van der Waals surface area contributed by atoms with Crippen molar-refractivity contribution >= 4 is 28.9 Å². The fraction of sp³-hybridized carbons (Fsp3) is 0.263. The van der Waals surface area contributed by atoms with E-state index in [-0.39, 0.29) is 17.1 Å². The SMILES string of the molecule is C=CCn1c(C)nnc1SCC(=O)C(C#N)=C1N(C)c2ccccc2N1C. The lowest BCUT2D eigenvalue weighted by Gasteiger charge is -2.19. The van der Waals surface area contributed by atoms with Gasteiger partial charge in [-0.1, -0.05) is 30.0 Å². The molecule has 1 aliphatic rings. The molecule has 0 N–H and O–H groups in total. The Labute approximate surface area is 162 Å². The van der Waals surface area contributed by atoms with Gasteiger partial charge in [0, 0.05) is 20.6 Å². The maximum atomic E-state index is 12.8. The summed E-state index contributed by atoms with van der Waals surface area (Å²) in [7, 11) is 3.72. The van der Waals surface area contributed by atoms with Crippen LogP contribution in [0.3, 0.4) is 0 Å². The number of aryl methyl sites for hydroxylation is 1. The molecule has 0 aliphatic carbocycles. The molecule has 2 heterocycles. The number of benzene rings is 1. The van der Waals surface area contributed by atoms with Crippen molar-refractivity contribution in [2.24, 2.45) is 0 Å². The van der Waals surface area contributed by atoms with Gasteiger partial charge in [0.1, 0.15) is 23.3 Å². The first-order valence-corrected chi connectivity index (χ1v) is 9.35. The second-order valence-electron chi connectivity index (χ2n) is 6.06. The summed E-state index contributed by atoms with van der Waals surface area (Å²) in [5.41, 5.74) is 2.06. The van der Waals surface area contributed by atoms with Crippen LogP contribution in [-0.4, -0.2) is 40.4 Å². The molecule has 1 aromatic carbocycles. The lowest BCUT2D eigenvalue weighted by molar-refractivity contribution is -0.112. The van der Waals surface area contributed by atoms with Crippen LogP contribution in [0.25, 0.3) is 0 Å². The van der Waals surface area contributed by atoms with E-state index in [1.165, 1.54) is 11.8 Å². The molecule has 1 aliphatic heterocycles. The second-order valence-corrected chi connectivity index (χ2v) is 7.00. The predicted octanol–water partition coefficient (Wildman–Crippen LogP) is 2.76. The van der Waals surface area contributed by atoms with Gasteiger partial charge in [-0.25, -0.2) is 0 Å². The molecule has 0 unspecified atom stereocenters. The number of carbonyl (C=O) groups excluding carboxylic acids is 1. The van der Waals surface area contributed by atoms with Crippen LogP contribution < -0.4 is 9.80 Å². The topological polar surface area (TPSA) is 78.0 Å². The van der Waals surface area contributed by atoms with Gasteiger partial charge in [0.15, 0.2) is 10.9 Å². The standard InChI is InChI=1S/C19H20N6OS/c1-5-10-25-13(2)21-22-19(25)27-12-17(26)14(11-20)18-23(3)15-8-6-7-9-16(15)24(18)4/h5-9H,1,10,12H2,2-4H3. The van der Waals surface area contributed by atoms with Crippen molar-refractivity contribution in [2.45, 2.75) is 18.6 Å². The number of Topliss-reactive ketones (excluding diaryl/α,β-unsaturated/α-hetero) is 1. The van der Waals surface area contributed by atoms with E-state index in [1.807, 2.05) is 59.7 Å². The Balaban J connectivity index is 1.85. The highest BCUT2D eigenvalue weighted by Crippen LogP contribution is 2.40. The lowest BCUT2D eigenvalue weighted by Crippen LogP contribution is -2.26. The fourth-order valence-corrected chi connectivity index (χ4v) is 3.93. The average molecular weight is 380 g/mol. The maximum Gasteiger partial charge on any atom is 0.191 e. The summed E-state index contributed by atoms with van der Waals surface area (Å²) in [5.74, 6) is 1.22. The summed E-state index contributed by atoms with van der Waals surface area (Å²) in [6.45, 7) is 6.15. The maximum absolute atomic E-state index is 12.8. The van der Waals surface area contributed by atoms with E-state index in [4.69, 9.17) is 0 Å². The summed E-state index contributed by atoms with van der Waals surface area (Å²) in [4.78, 5) is 16.6. The number of hydrogen-bond acceptors (Lipinski definition) is 7. The van der Waals surface area contributed by atoms with Gasteiger partial charge in [-0.3, -0.25) is 4.79 Å². The molecular formula is C19H20N6OS. The van der Waals surface area contributed by atoms with Crippen LogP contribution >= 0.6 is 11.8 Å². The highest BCUT2D eigenvalue weighted by atomic mass is 32.2. The molecule has 0 radical (unpaired) electrons. The Morgan fingerprint density at radius 2 is 1.89 bits per heavy atom. The Morgan fingerprint density at radius 3 is 2.44 bits per heavy atom. The number of allylic oxidation sites excluding steroid dienone is 2. The van der Waals surface area contributed by atoms with E-state index in [2.05, 4.69) is 22.8 Å². The Hall–Kier alpha value is -3.05. The number of para-hydroxylation sites is 2. The van der Waals surface area contributed by atoms with Crippen molar-refractivity contribution in [2.75, 3.05) is 29.6 Å². The van der Waals surface area contributed by atoms with E-state index in [1.54, 1.807) is 6.08 Å². The molecule has 1 aromatic heterocycles. The van der Waals surface area contributed by atoms with E-state index in [0.29, 0.717) is 17.5 Å². The minimum atomic E-state index is -0.241. The van der Waals surface area contributed by atoms with Crippen LogP contribution in [0.5, 0.6) is 0 Å². The number of fused-ring (bicyclic) bond motifs is 1. The van der Waals surface area contributed by atoms with Gasteiger partial charge in [-0.2, -0.15) is 5.26 Å². The third-order valence-electron chi connectivity index (χ3n) is 4.40. The predicted molar refractivity (Wildman–Crippen MR) is 107 cm³/mol. The average Bonchev–Trinajstić information content (AvgIpc) is 3.14. The van der Waals surface area contributed by atoms with Gasteiger partial charge >= 0.3 is 0 Å². The molecule has 0 saturated carbocycles. The number of aromatic nitrogens is 3. The zero-order valence-electron chi connectivity index (χ0n) is 15.5. The first kappa shape index (κ1) is 18.7. The number of thioether (sulfide) groups is 1. The summed E-state index contributed by atoms with van der Waals surface area (Å²) in [6.07, 6.45) is 1.75. The number of anilines is 2. The molecule has 8 heteroatoms. The molecule has 0 saturated heterocycles. The molecule has 0 bridgehead atoms. The van der Waals surface area contributed by atoms with Crippen LogP contribution in [0.15, 0.2) is 53.5 Å². The van der Waals surface area contributed by atoms with Crippen molar-refractivity contribution < 1.29 is 4.79 Å². The molecular weight excluding hydrogens is 360 g/mol.